The minimum Gasteiger partial charge on any atom is -0.455 e. The van der Waals surface area contributed by atoms with Crippen molar-refractivity contribution in [2.45, 2.75) is 283 Å². The molecule has 0 amide bonds. The molecule has 0 spiro atoms. The third-order valence-electron chi connectivity index (χ3n) is 32.7. The Kier molecular flexibility index (Phi) is 21.4. The fourth-order valence-corrected chi connectivity index (χ4v) is 31.8. The minimum atomic E-state index is -2.47. The Morgan fingerprint density at radius 3 is 0.833 bits per heavy atom. The first-order valence-corrected chi connectivity index (χ1v) is 55.6. The second-order valence-electron chi connectivity index (χ2n) is 41.6. The first-order chi connectivity index (χ1) is 61.3. The molecule has 126 heavy (non-hydrogen) atoms. The highest BCUT2D eigenvalue weighted by molar-refractivity contribution is 7.06. The van der Waals surface area contributed by atoms with Gasteiger partial charge in [-0.2, -0.15) is 0 Å². The van der Waals surface area contributed by atoms with Gasteiger partial charge in [0.1, 0.15) is 38.5 Å². The largest absolute Gasteiger partial charge is 0.455 e. The second kappa shape index (κ2) is 32.6. The van der Waals surface area contributed by atoms with Crippen LogP contribution in [0.2, 0.25) is 26.2 Å². The van der Waals surface area contributed by atoms with Gasteiger partial charge in [0, 0.05) is 54.3 Å². The van der Waals surface area contributed by atoms with Crippen LogP contribution in [0.4, 0.5) is 0 Å². The Labute approximate surface area is 753 Å². The van der Waals surface area contributed by atoms with Crippen LogP contribution >= 0.6 is 0 Å². The maximum absolute atomic E-state index is 7.38. The number of furan rings is 2. The van der Waals surface area contributed by atoms with Crippen LogP contribution in [0, 0.1) is 0 Å². The number of benzene rings is 13. The van der Waals surface area contributed by atoms with Gasteiger partial charge in [-0.05, 0) is 240 Å². The molecule has 0 radical (unpaired) electrons. The highest BCUT2D eigenvalue weighted by Gasteiger charge is 2.49. The zero-order valence-corrected chi connectivity index (χ0v) is 79.6. The predicted octanol–water partition coefficient (Wildman–Crippen LogP) is 33.9. The van der Waals surface area contributed by atoms with E-state index < -0.39 is 16.1 Å². The van der Waals surface area contributed by atoms with E-state index in [1.54, 1.807) is 22.3 Å². The van der Waals surface area contributed by atoms with E-state index in [-0.39, 0.29) is 21.7 Å². The number of hydrogen-bond donors (Lipinski definition) is 0. The number of unbranched alkanes of at least 4 members (excludes halogenated alkanes) is 20. The van der Waals surface area contributed by atoms with Crippen molar-refractivity contribution in [3.63, 3.8) is 0 Å². The number of rotatable bonds is 32. The Bertz CT molecular complexity index is 6370. The highest BCUT2D eigenvalue weighted by Crippen LogP contribution is 2.60. The molecule has 0 unspecified atom stereocenters. The average molecular weight is 1680 g/mol. The van der Waals surface area contributed by atoms with Crippen LogP contribution in [0.3, 0.4) is 0 Å². The van der Waals surface area contributed by atoms with Crippen molar-refractivity contribution in [1.29, 1.82) is 0 Å². The molecule has 4 heteroatoms. The molecule has 4 heterocycles. The summed E-state index contributed by atoms with van der Waals surface area (Å²) < 4.78 is 14.8. The van der Waals surface area contributed by atoms with Gasteiger partial charge in [-0.25, -0.2) is 0 Å². The lowest BCUT2D eigenvalue weighted by molar-refractivity contribution is 0.398. The summed E-state index contributed by atoms with van der Waals surface area (Å²) in [4.78, 5) is 0. The number of fused-ring (bicyclic) bond motifs is 26. The van der Waals surface area contributed by atoms with E-state index >= 15 is 0 Å². The average Bonchev–Trinajstić information content (AvgIpc) is 1.51. The molecule has 0 fully saturated rings. The summed E-state index contributed by atoms with van der Waals surface area (Å²) >= 11 is 0. The molecule has 0 N–H and O–H groups in total. The first-order valence-electron chi connectivity index (χ1n) is 49.6. The minimum absolute atomic E-state index is 0.0313. The van der Waals surface area contributed by atoms with E-state index in [1.807, 2.05) is 0 Å². The van der Waals surface area contributed by atoms with Crippen LogP contribution < -0.4 is 20.7 Å². The molecule has 2 nitrogen and oxygen atoms in total. The van der Waals surface area contributed by atoms with Crippen LogP contribution in [0.15, 0.2) is 239 Å². The third-order valence-corrected chi connectivity index (χ3v) is 39.7. The SMILES string of the molecule is CCCCCCCCC1(CCCCCCCC)c2ccccc2-c2ccc(-c3ccc4c(c3)C(C)(C)c3cc(-c5cc6c(c7c5oc5ccccc57)-c5cc7c(cc5[Si]6(C)C)-c5c(cc(-c6ccc8c(c6)C(C)(C)c6cc(-c9ccc%10c(c9)C(CCCCCCCC)(CCCCCCCC)c9ccccc9-%10)ccc6-8)c6oc8ccccc8c56)[Si]7(C)C)ccc3-4)cc21. The fourth-order valence-electron chi connectivity index (χ4n) is 25.7. The predicted molar refractivity (Wildman–Crippen MR) is 547 cm³/mol. The number of para-hydroxylation sites is 2. The summed E-state index contributed by atoms with van der Waals surface area (Å²) in [6.45, 7) is 29.8. The van der Waals surface area contributed by atoms with Gasteiger partial charge in [0.05, 0.1) is 0 Å². The molecule has 21 rings (SSSR count). The first kappa shape index (κ1) is 82.8. The summed E-state index contributed by atoms with van der Waals surface area (Å²) in [7, 11) is -4.94. The third kappa shape index (κ3) is 13.2. The van der Waals surface area contributed by atoms with E-state index in [1.165, 1.54) is 356 Å². The van der Waals surface area contributed by atoms with Gasteiger partial charge < -0.3 is 8.83 Å². The highest BCUT2D eigenvalue weighted by atomic mass is 28.3. The van der Waals surface area contributed by atoms with Crippen molar-refractivity contribution in [1.82, 2.24) is 0 Å². The van der Waals surface area contributed by atoms with Crippen molar-refractivity contribution < 1.29 is 8.83 Å². The van der Waals surface area contributed by atoms with Crippen LogP contribution in [-0.2, 0) is 21.7 Å². The van der Waals surface area contributed by atoms with Gasteiger partial charge in [0.15, 0.2) is 0 Å². The lowest BCUT2D eigenvalue weighted by atomic mass is 9.70. The Balaban J connectivity index is 0.612. The van der Waals surface area contributed by atoms with Crippen LogP contribution in [0.5, 0.6) is 0 Å². The number of hydrogen-bond acceptors (Lipinski definition) is 2. The van der Waals surface area contributed by atoms with E-state index in [0.717, 1.165) is 22.3 Å². The topological polar surface area (TPSA) is 26.3 Å². The van der Waals surface area contributed by atoms with Gasteiger partial charge in [0.25, 0.3) is 0 Å². The normalized spacial score (nSPS) is 15.8. The van der Waals surface area contributed by atoms with Gasteiger partial charge >= 0.3 is 0 Å². The van der Waals surface area contributed by atoms with Crippen molar-refractivity contribution in [2.24, 2.45) is 0 Å². The van der Waals surface area contributed by atoms with Crippen molar-refractivity contribution >= 4 is 80.8 Å². The van der Waals surface area contributed by atoms with Crippen molar-refractivity contribution in [3.8, 4) is 111 Å². The molecule has 0 saturated carbocycles. The van der Waals surface area contributed by atoms with Crippen molar-refractivity contribution in [3.05, 3.63) is 275 Å². The van der Waals surface area contributed by atoms with Crippen molar-refractivity contribution in [2.75, 3.05) is 0 Å². The summed E-state index contributed by atoms with van der Waals surface area (Å²) in [5.74, 6) is 0. The van der Waals surface area contributed by atoms with Gasteiger partial charge in [-0.1, -0.05) is 418 Å². The summed E-state index contributed by atoms with van der Waals surface area (Å²) in [6.07, 6.45) is 36.6. The molecule has 2 aliphatic heterocycles. The maximum Gasteiger partial charge on any atom is 0.143 e. The summed E-state index contributed by atoms with van der Waals surface area (Å²) in [5.41, 5.74) is 42.3. The van der Waals surface area contributed by atoms with E-state index in [2.05, 4.69) is 312 Å². The molecule has 13 aromatic carbocycles. The van der Waals surface area contributed by atoms with E-state index in [4.69, 9.17) is 8.83 Å². The molecule has 0 bridgehead atoms. The second-order valence-corrected chi connectivity index (χ2v) is 50.3. The van der Waals surface area contributed by atoms with E-state index in [9.17, 15) is 0 Å². The lowest BCUT2D eigenvalue weighted by Crippen LogP contribution is -2.51. The summed E-state index contributed by atoms with van der Waals surface area (Å²) in [5, 5.41) is 11.0. The monoisotopic (exact) mass is 1680 g/mol. The van der Waals surface area contributed by atoms with Crippen LogP contribution in [0.1, 0.15) is 280 Å². The standard InChI is InChI=1S/C122H130O2Si2/c1-13-17-21-25-29-41-65-121(66-42-30-26-22-18-14-2)99-49-37-33-45-85(99)91-61-55-81(71-105(91)121)79-53-59-87-89-63-57-83(73-103(89)119(5,6)101(87)69-79)95-75-111-113(115-93-47-35-39-51-107(93)123-117(95)115)97-77-110-98(78-109(97)125(111,9)10)114-112(126(110,11)12)76-96(118-116(114)94-48-36-40-52-108(94)124-118)84-58-64-90-88-60-54-80(70-102(88)120(7,8)104(90)74-84)82-56-62-92-86-46-34-38-50-100(86)122(106(92)72-82,67-43-31-27-23-19-15-3)68-44-32-28-24-20-16-4/h33-40,45-64,69-78H,13-32,41-44,65-68H2,1-12H3. The zero-order chi connectivity index (χ0) is 86.2. The summed E-state index contributed by atoms with van der Waals surface area (Å²) in [6, 6.07) is 92.5. The lowest BCUT2D eigenvalue weighted by Gasteiger charge is -2.33. The molecular weight excluding hydrogens is 1550 g/mol. The van der Waals surface area contributed by atoms with Crippen LogP contribution in [-0.4, -0.2) is 16.1 Å². The molecule has 0 saturated heterocycles. The fraction of sp³-hybridized carbons (Fsp3) is 0.361. The smallest absolute Gasteiger partial charge is 0.143 e. The molecule has 6 aliphatic rings. The van der Waals surface area contributed by atoms with Gasteiger partial charge in [-0.15, -0.1) is 0 Å². The molecule has 638 valence electrons. The molecule has 15 aromatic rings. The molecule has 4 aliphatic carbocycles. The molecule has 0 atom stereocenters. The maximum atomic E-state index is 7.38. The van der Waals surface area contributed by atoms with Gasteiger partial charge in [0.2, 0.25) is 0 Å². The Hall–Kier alpha value is -10.1. The Morgan fingerprint density at radius 1 is 0.230 bits per heavy atom. The van der Waals surface area contributed by atoms with E-state index in [0.29, 0.717) is 0 Å². The van der Waals surface area contributed by atoms with Gasteiger partial charge in [-0.3, -0.25) is 0 Å². The zero-order valence-electron chi connectivity index (χ0n) is 77.6. The quantitative estimate of drug-likeness (QED) is 0.0310. The molecular formula is C122H130O2Si2. The molecule has 2 aromatic heterocycles. The van der Waals surface area contributed by atoms with Crippen LogP contribution in [0.25, 0.3) is 155 Å². The Morgan fingerprint density at radius 2 is 0.492 bits per heavy atom.